The van der Waals surface area contributed by atoms with Crippen molar-refractivity contribution in [3.05, 3.63) is 71.3 Å². The monoisotopic (exact) mass is 425 g/mol. The van der Waals surface area contributed by atoms with Gasteiger partial charge in [-0.15, -0.1) is 0 Å². The third kappa shape index (κ3) is 8.50. The van der Waals surface area contributed by atoms with E-state index in [-0.39, 0.29) is 24.5 Å². The van der Waals surface area contributed by atoms with E-state index in [1.165, 1.54) is 0 Å². The average molecular weight is 426 g/mol. The highest BCUT2D eigenvalue weighted by molar-refractivity contribution is 5.94. The lowest BCUT2D eigenvalue weighted by molar-refractivity contribution is -0.121. The number of hydrogen-bond acceptors (Lipinski definition) is 4. The third-order valence-electron chi connectivity index (χ3n) is 4.85. The zero-order valence-electron chi connectivity index (χ0n) is 18.4. The molecule has 7 heteroatoms. The number of carbonyl (C=O) groups excluding carboxylic acids is 3. The van der Waals surface area contributed by atoms with Crippen molar-refractivity contribution in [1.82, 2.24) is 15.5 Å². The smallest absolute Gasteiger partial charge is 0.407 e. The fourth-order valence-corrected chi connectivity index (χ4v) is 2.71. The highest BCUT2D eigenvalue weighted by Gasteiger charge is 2.14. The SMILES string of the molecule is CC(C)N(C)C(=O)c1ccc(CNC(=O)CCCNC(=O)OCc2ccccc2)cc1. The van der Waals surface area contributed by atoms with Crippen molar-refractivity contribution in [2.45, 2.75) is 45.9 Å². The van der Waals surface area contributed by atoms with Crippen molar-refractivity contribution in [2.75, 3.05) is 13.6 Å². The summed E-state index contributed by atoms with van der Waals surface area (Å²) in [4.78, 5) is 37.6. The summed E-state index contributed by atoms with van der Waals surface area (Å²) in [6.07, 6.45) is 0.317. The lowest BCUT2D eigenvalue weighted by Crippen LogP contribution is -2.32. The van der Waals surface area contributed by atoms with E-state index in [2.05, 4.69) is 10.6 Å². The lowest BCUT2D eigenvalue weighted by atomic mass is 10.1. The van der Waals surface area contributed by atoms with Gasteiger partial charge in [-0.1, -0.05) is 42.5 Å². The number of ether oxygens (including phenoxy) is 1. The molecule has 0 unspecified atom stereocenters. The molecule has 0 aliphatic carbocycles. The number of rotatable bonds is 10. The molecular weight excluding hydrogens is 394 g/mol. The maximum Gasteiger partial charge on any atom is 0.407 e. The summed E-state index contributed by atoms with van der Waals surface area (Å²) < 4.78 is 5.12. The molecule has 31 heavy (non-hydrogen) atoms. The molecular formula is C24H31N3O4. The van der Waals surface area contributed by atoms with Gasteiger partial charge in [0.25, 0.3) is 5.91 Å². The molecule has 0 aliphatic heterocycles. The van der Waals surface area contributed by atoms with Crippen molar-refractivity contribution in [3.8, 4) is 0 Å². The van der Waals surface area contributed by atoms with Gasteiger partial charge >= 0.3 is 6.09 Å². The second-order valence-electron chi connectivity index (χ2n) is 7.58. The molecule has 0 spiro atoms. The Balaban J connectivity index is 1.61. The zero-order valence-corrected chi connectivity index (χ0v) is 18.4. The number of hydrogen-bond donors (Lipinski definition) is 2. The van der Waals surface area contributed by atoms with Crippen LogP contribution in [0.2, 0.25) is 0 Å². The van der Waals surface area contributed by atoms with E-state index in [9.17, 15) is 14.4 Å². The Hall–Kier alpha value is -3.35. The molecule has 2 rings (SSSR count). The van der Waals surface area contributed by atoms with Crippen LogP contribution in [0.15, 0.2) is 54.6 Å². The van der Waals surface area contributed by atoms with Gasteiger partial charge in [0.2, 0.25) is 5.91 Å². The molecule has 2 N–H and O–H groups in total. The molecule has 0 aliphatic rings. The molecule has 3 amide bonds. The third-order valence-corrected chi connectivity index (χ3v) is 4.85. The van der Waals surface area contributed by atoms with Crippen molar-refractivity contribution in [3.63, 3.8) is 0 Å². The van der Waals surface area contributed by atoms with E-state index >= 15 is 0 Å². The average Bonchev–Trinajstić information content (AvgIpc) is 2.79. The second kappa shape index (κ2) is 12.4. The Morgan fingerprint density at radius 1 is 0.935 bits per heavy atom. The second-order valence-corrected chi connectivity index (χ2v) is 7.58. The van der Waals surface area contributed by atoms with E-state index in [1.807, 2.05) is 56.3 Å². The fraction of sp³-hybridized carbons (Fsp3) is 0.375. The Labute approximate surface area is 183 Å². The van der Waals surface area contributed by atoms with Gasteiger partial charge in [-0.25, -0.2) is 4.79 Å². The molecule has 0 heterocycles. The molecule has 0 aromatic heterocycles. The maximum absolute atomic E-state index is 12.3. The van der Waals surface area contributed by atoms with Crippen LogP contribution in [0.4, 0.5) is 4.79 Å². The first kappa shape index (κ1) is 23.9. The summed E-state index contributed by atoms with van der Waals surface area (Å²) in [6.45, 7) is 4.89. The van der Waals surface area contributed by atoms with Gasteiger partial charge < -0.3 is 20.3 Å². The Morgan fingerprint density at radius 2 is 1.61 bits per heavy atom. The standard InChI is InChI=1S/C24H31N3O4/c1-18(2)27(3)23(29)21-13-11-19(12-14-21)16-26-22(28)10-7-15-25-24(30)31-17-20-8-5-4-6-9-20/h4-6,8-9,11-14,18H,7,10,15-17H2,1-3H3,(H,25,30)(H,26,28). The van der Waals surface area contributed by atoms with Crippen LogP contribution >= 0.6 is 0 Å². The quantitative estimate of drug-likeness (QED) is 0.571. The molecule has 2 aromatic rings. The van der Waals surface area contributed by atoms with Gasteiger partial charge in [0.15, 0.2) is 0 Å². The summed E-state index contributed by atoms with van der Waals surface area (Å²) in [5.74, 6) is -0.125. The molecule has 2 aromatic carbocycles. The Morgan fingerprint density at radius 3 is 2.26 bits per heavy atom. The van der Waals surface area contributed by atoms with Crippen LogP contribution in [0.3, 0.4) is 0 Å². The normalized spacial score (nSPS) is 10.5. The summed E-state index contributed by atoms with van der Waals surface area (Å²) >= 11 is 0. The summed E-state index contributed by atoms with van der Waals surface area (Å²) in [7, 11) is 1.78. The number of nitrogens with zero attached hydrogens (tertiary/aromatic N) is 1. The topological polar surface area (TPSA) is 87.7 Å². The van der Waals surface area contributed by atoms with Crippen molar-refractivity contribution in [2.24, 2.45) is 0 Å². The van der Waals surface area contributed by atoms with Crippen LogP contribution in [0.25, 0.3) is 0 Å². The first-order chi connectivity index (χ1) is 14.9. The zero-order chi connectivity index (χ0) is 22.6. The Bertz CT molecular complexity index is 851. The summed E-state index contributed by atoms with van der Waals surface area (Å²) in [5, 5.41) is 5.48. The van der Waals surface area contributed by atoms with Crippen LogP contribution in [0.1, 0.15) is 48.2 Å². The van der Waals surface area contributed by atoms with Gasteiger partial charge in [-0.2, -0.15) is 0 Å². The van der Waals surface area contributed by atoms with Crippen LogP contribution in [0.5, 0.6) is 0 Å². The molecule has 0 bridgehead atoms. The minimum atomic E-state index is -0.498. The van der Waals surface area contributed by atoms with Crippen LogP contribution < -0.4 is 10.6 Å². The minimum Gasteiger partial charge on any atom is -0.445 e. The van der Waals surface area contributed by atoms with Gasteiger partial charge in [-0.05, 0) is 43.5 Å². The van der Waals surface area contributed by atoms with Crippen molar-refractivity contribution >= 4 is 17.9 Å². The summed E-state index contributed by atoms with van der Waals surface area (Å²) in [5.41, 5.74) is 2.46. The van der Waals surface area contributed by atoms with E-state index in [1.54, 1.807) is 24.1 Å². The fourth-order valence-electron chi connectivity index (χ4n) is 2.71. The minimum absolute atomic E-state index is 0.0274. The van der Waals surface area contributed by atoms with E-state index in [0.29, 0.717) is 31.5 Å². The van der Waals surface area contributed by atoms with Crippen LogP contribution in [-0.4, -0.2) is 42.4 Å². The molecule has 0 saturated carbocycles. The number of alkyl carbamates (subject to hydrolysis) is 1. The first-order valence-electron chi connectivity index (χ1n) is 10.4. The largest absolute Gasteiger partial charge is 0.445 e. The van der Waals surface area contributed by atoms with Crippen LogP contribution in [0, 0.1) is 0 Å². The maximum atomic E-state index is 12.3. The molecule has 0 fully saturated rings. The number of benzene rings is 2. The molecule has 0 saturated heterocycles. The highest BCUT2D eigenvalue weighted by Crippen LogP contribution is 2.09. The summed E-state index contributed by atoms with van der Waals surface area (Å²) in [6, 6.07) is 16.8. The predicted molar refractivity (Wildman–Crippen MR) is 119 cm³/mol. The molecule has 7 nitrogen and oxygen atoms in total. The lowest BCUT2D eigenvalue weighted by Gasteiger charge is -2.21. The van der Waals surface area contributed by atoms with E-state index < -0.39 is 6.09 Å². The highest BCUT2D eigenvalue weighted by atomic mass is 16.5. The van der Waals surface area contributed by atoms with Crippen LogP contribution in [-0.2, 0) is 22.7 Å². The molecule has 166 valence electrons. The van der Waals surface area contributed by atoms with Crippen molar-refractivity contribution in [1.29, 1.82) is 0 Å². The Kier molecular flexibility index (Phi) is 9.55. The number of carbonyl (C=O) groups is 3. The van der Waals surface area contributed by atoms with E-state index in [4.69, 9.17) is 4.74 Å². The van der Waals surface area contributed by atoms with E-state index in [0.717, 1.165) is 11.1 Å². The first-order valence-corrected chi connectivity index (χ1v) is 10.4. The van der Waals surface area contributed by atoms with Gasteiger partial charge in [0, 0.05) is 38.2 Å². The number of nitrogens with one attached hydrogen (secondary N) is 2. The predicted octanol–water partition coefficient (Wildman–Crippen LogP) is 3.49. The van der Waals surface area contributed by atoms with Gasteiger partial charge in [0.1, 0.15) is 6.61 Å². The van der Waals surface area contributed by atoms with Crippen molar-refractivity contribution < 1.29 is 19.1 Å². The number of amides is 3. The van der Waals surface area contributed by atoms with Gasteiger partial charge in [-0.3, -0.25) is 9.59 Å². The van der Waals surface area contributed by atoms with Gasteiger partial charge in [0.05, 0.1) is 0 Å². The molecule has 0 radical (unpaired) electrons. The molecule has 0 atom stereocenters.